The van der Waals surface area contributed by atoms with Crippen molar-refractivity contribution in [1.29, 1.82) is 0 Å². The van der Waals surface area contributed by atoms with Gasteiger partial charge in [0.25, 0.3) is 0 Å². The largest absolute Gasteiger partial charge is 0.474 e. The van der Waals surface area contributed by atoms with Crippen molar-refractivity contribution in [2.75, 3.05) is 5.32 Å². The number of allylic oxidation sites excluding steroid dienone is 1. The molecular formula is C21H15NO5. The second-order valence-corrected chi connectivity index (χ2v) is 6.29. The number of aliphatic carboxylic acids is 1. The van der Waals surface area contributed by atoms with Crippen LogP contribution in [0.15, 0.2) is 57.7 Å². The van der Waals surface area contributed by atoms with Crippen LogP contribution in [-0.2, 0) is 16.0 Å². The van der Waals surface area contributed by atoms with Crippen LogP contribution in [0.3, 0.4) is 0 Å². The Morgan fingerprint density at radius 1 is 1.07 bits per heavy atom. The van der Waals surface area contributed by atoms with Crippen molar-refractivity contribution in [3.05, 3.63) is 75.6 Å². The molecule has 0 fully saturated rings. The van der Waals surface area contributed by atoms with E-state index in [4.69, 9.17) is 9.52 Å². The molecule has 0 bridgehead atoms. The van der Waals surface area contributed by atoms with Crippen LogP contribution in [0.2, 0.25) is 0 Å². The maximum atomic E-state index is 12.9. The second-order valence-electron chi connectivity index (χ2n) is 6.29. The van der Waals surface area contributed by atoms with Crippen molar-refractivity contribution >= 4 is 40.2 Å². The maximum absolute atomic E-state index is 12.9. The number of hydrogen-bond donors (Lipinski definition) is 2. The van der Waals surface area contributed by atoms with Crippen molar-refractivity contribution in [1.82, 2.24) is 0 Å². The van der Waals surface area contributed by atoms with Gasteiger partial charge in [-0.3, -0.25) is 9.59 Å². The first-order valence-corrected chi connectivity index (χ1v) is 8.43. The molecule has 0 radical (unpaired) electrons. The third-order valence-electron chi connectivity index (χ3n) is 4.51. The number of carboxylic acids is 1. The highest BCUT2D eigenvalue weighted by Crippen LogP contribution is 2.34. The van der Waals surface area contributed by atoms with Crippen LogP contribution in [0.4, 0.5) is 5.69 Å². The van der Waals surface area contributed by atoms with Gasteiger partial charge < -0.3 is 14.8 Å². The summed E-state index contributed by atoms with van der Waals surface area (Å²) in [6.45, 7) is 0. The molecule has 1 aliphatic rings. The van der Waals surface area contributed by atoms with Crippen molar-refractivity contribution in [2.24, 2.45) is 0 Å². The van der Waals surface area contributed by atoms with E-state index in [-0.39, 0.29) is 11.1 Å². The normalized spacial score (nSPS) is 14.3. The Balaban J connectivity index is 1.78. The van der Waals surface area contributed by atoms with E-state index in [1.54, 1.807) is 6.07 Å². The van der Waals surface area contributed by atoms with E-state index in [0.717, 1.165) is 11.1 Å². The molecule has 134 valence electrons. The first-order chi connectivity index (χ1) is 13.0. The lowest BCUT2D eigenvalue weighted by atomic mass is 10.1. The zero-order chi connectivity index (χ0) is 19.0. The summed E-state index contributed by atoms with van der Waals surface area (Å²) in [6.07, 6.45) is 3.31. The predicted molar refractivity (Wildman–Crippen MR) is 101 cm³/mol. The third kappa shape index (κ3) is 3.13. The van der Waals surface area contributed by atoms with Crippen molar-refractivity contribution in [2.45, 2.75) is 12.8 Å². The van der Waals surface area contributed by atoms with Crippen molar-refractivity contribution in [3.63, 3.8) is 0 Å². The molecule has 2 N–H and O–H groups in total. The molecule has 4 rings (SSSR count). The highest BCUT2D eigenvalue weighted by atomic mass is 16.4. The average molecular weight is 361 g/mol. The first-order valence-electron chi connectivity index (χ1n) is 8.43. The molecule has 2 aromatic carbocycles. The van der Waals surface area contributed by atoms with Crippen LogP contribution in [0, 0.1) is 0 Å². The molecule has 1 amide bonds. The minimum Gasteiger partial charge on any atom is -0.474 e. The van der Waals surface area contributed by atoms with Gasteiger partial charge in [-0.25, -0.2) is 4.79 Å². The molecule has 0 atom stereocenters. The zero-order valence-corrected chi connectivity index (χ0v) is 14.2. The summed E-state index contributed by atoms with van der Waals surface area (Å²) in [5, 5.41) is 11.2. The number of fused-ring (bicyclic) bond motifs is 2. The molecule has 6 nitrogen and oxygen atoms in total. The maximum Gasteiger partial charge on any atom is 0.394 e. The molecule has 6 heteroatoms. The van der Waals surface area contributed by atoms with Gasteiger partial charge >= 0.3 is 11.9 Å². The van der Waals surface area contributed by atoms with Gasteiger partial charge in [0.2, 0.25) is 0 Å². The quantitative estimate of drug-likeness (QED) is 0.683. The lowest BCUT2D eigenvalue weighted by molar-refractivity contribution is -0.147. The molecule has 0 saturated carbocycles. The summed E-state index contributed by atoms with van der Waals surface area (Å²) in [5.41, 5.74) is 3.09. The van der Waals surface area contributed by atoms with E-state index < -0.39 is 11.9 Å². The Hall–Kier alpha value is -3.67. The van der Waals surface area contributed by atoms with E-state index in [2.05, 4.69) is 5.32 Å². The number of benzene rings is 2. The van der Waals surface area contributed by atoms with E-state index in [0.29, 0.717) is 35.1 Å². The topological polar surface area (TPSA) is 96.6 Å². The number of nitrogens with one attached hydrogen (secondary N) is 1. The van der Waals surface area contributed by atoms with Crippen LogP contribution >= 0.6 is 0 Å². The standard InChI is InChI=1S/C21H15NO5/c23-18-15-8-6-13(10-12-4-2-1-3-5-12)19(15)27-17-9-7-14(11-16(17)18)22-20(24)21(25)26/h1-5,7,9-11H,6,8H2,(H,22,24)(H,25,26)/b13-10+. The molecule has 1 aliphatic carbocycles. The smallest absolute Gasteiger partial charge is 0.394 e. The van der Waals surface area contributed by atoms with Crippen LogP contribution in [0.5, 0.6) is 0 Å². The van der Waals surface area contributed by atoms with E-state index in [9.17, 15) is 14.4 Å². The SMILES string of the molecule is O=C(O)C(=O)Nc1ccc2oc3c(c(=O)c2c1)CC/C3=C\c1ccccc1. The van der Waals surface area contributed by atoms with Gasteiger partial charge in [-0.05, 0) is 48.3 Å². The van der Waals surface area contributed by atoms with E-state index in [1.807, 2.05) is 36.4 Å². The van der Waals surface area contributed by atoms with Gasteiger partial charge in [-0.1, -0.05) is 30.3 Å². The minimum absolute atomic E-state index is 0.158. The molecular weight excluding hydrogens is 346 g/mol. The lowest BCUT2D eigenvalue weighted by Gasteiger charge is -2.06. The average Bonchev–Trinajstić information content (AvgIpc) is 3.06. The molecule has 1 aromatic heterocycles. The number of anilines is 1. The molecule has 0 unspecified atom stereocenters. The minimum atomic E-state index is -1.59. The Labute approximate surface area is 153 Å². The molecule has 3 aromatic rings. The number of rotatable bonds is 2. The Bertz CT molecular complexity index is 1160. The highest BCUT2D eigenvalue weighted by molar-refractivity contribution is 6.36. The van der Waals surface area contributed by atoms with Gasteiger partial charge in [0.05, 0.1) is 5.39 Å². The number of carbonyl (C=O) groups is 2. The number of carbonyl (C=O) groups excluding carboxylic acids is 1. The number of carboxylic acid groups (broad SMARTS) is 1. The summed E-state index contributed by atoms with van der Waals surface area (Å²) >= 11 is 0. The van der Waals surface area contributed by atoms with Crippen molar-refractivity contribution in [3.8, 4) is 0 Å². The number of hydrogen-bond acceptors (Lipinski definition) is 4. The van der Waals surface area contributed by atoms with E-state index in [1.165, 1.54) is 12.1 Å². The molecule has 0 spiro atoms. The summed E-state index contributed by atoms with van der Waals surface area (Å²) in [4.78, 5) is 34.9. The summed E-state index contributed by atoms with van der Waals surface area (Å²) < 4.78 is 5.98. The Kier molecular flexibility index (Phi) is 4.08. The summed E-state index contributed by atoms with van der Waals surface area (Å²) in [5.74, 6) is -2.15. The number of amides is 1. The van der Waals surface area contributed by atoms with Crippen molar-refractivity contribution < 1.29 is 19.1 Å². The third-order valence-corrected chi connectivity index (χ3v) is 4.51. The molecule has 27 heavy (non-hydrogen) atoms. The summed E-state index contributed by atoms with van der Waals surface area (Å²) in [7, 11) is 0. The fraction of sp³-hybridized carbons (Fsp3) is 0.0952. The fourth-order valence-electron chi connectivity index (χ4n) is 3.24. The second kappa shape index (κ2) is 6.57. The fourth-order valence-corrected chi connectivity index (χ4v) is 3.24. The predicted octanol–water partition coefficient (Wildman–Crippen LogP) is 3.30. The van der Waals surface area contributed by atoms with Crippen LogP contribution in [0.25, 0.3) is 22.6 Å². The summed E-state index contributed by atoms with van der Waals surface area (Å²) in [6, 6.07) is 14.3. The molecule has 1 heterocycles. The van der Waals surface area contributed by atoms with Gasteiger partial charge in [-0.15, -0.1) is 0 Å². The molecule has 0 saturated heterocycles. The van der Waals surface area contributed by atoms with Gasteiger partial charge in [0.15, 0.2) is 5.43 Å². The van der Waals surface area contributed by atoms with Crippen LogP contribution in [-0.4, -0.2) is 17.0 Å². The van der Waals surface area contributed by atoms with Gasteiger partial charge in [0, 0.05) is 11.3 Å². The Morgan fingerprint density at radius 3 is 2.59 bits per heavy atom. The van der Waals surface area contributed by atoms with Gasteiger partial charge in [0.1, 0.15) is 11.3 Å². The lowest BCUT2D eigenvalue weighted by Crippen LogP contribution is -2.21. The van der Waals surface area contributed by atoms with Crippen LogP contribution in [0.1, 0.15) is 23.3 Å². The first kappa shape index (κ1) is 16.8. The zero-order valence-electron chi connectivity index (χ0n) is 14.2. The molecule has 0 aliphatic heterocycles. The highest BCUT2D eigenvalue weighted by Gasteiger charge is 2.24. The monoisotopic (exact) mass is 361 g/mol. The van der Waals surface area contributed by atoms with Crippen LogP contribution < -0.4 is 10.7 Å². The Morgan fingerprint density at radius 2 is 1.85 bits per heavy atom. The van der Waals surface area contributed by atoms with E-state index >= 15 is 0 Å². The van der Waals surface area contributed by atoms with Gasteiger partial charge in [-0.2, -0.15) is 0 Å².